The molecular formula is C17H20N2O2. The number of urea groups is 1. The van der Waals surface area contributed by atoms with Crippen LogP contribution in [-0.4, -0.2) is 11.8 Å². The molecule has 21 heavy (non-hydrogen) atoms. The van der Waals surface area contributed by atoms with Gasteiger partial charge in [-0.2, -0.15) is 0 Å². The topological polar surface area (TPSA) is 58.2 Å². The summed E-state index contributed by atoms with van der Waals surface area (Å²) in [5, 5.41) is 5.72. The molecule has 0 saturated carbocycles. The lowest BCUT2D eigenvalue weighted by Gasteiger charge is -2.38. The first-order chi connectivity index (χ1) is 9.85. The van der Waals surface area contributed by atoms with Crippen LogP contribution in [0.1, 0.15) is 43.9 Å². The molecule has 0 fully saturated rings. The van der Waals surface area contributed by atoms with Gasteiger partial charge in [-0.15, -0.1) is 0 Å². The fraction of sp³-hybridized carbons (Fsp3) is 0.412. The number of Topliss-reactive ketones (excluding diaryl/α,β-unsaturated/α-hetero) is 1. The quantitative estimate of drug-likeness (QED) is 0.833. The molecule has 1 unspecified atom stereocenters. The lowest BCUT2D eigenvalue weighted by molar-refractivity contribution is -0.118. The zero-order chi connectivity index (χ0) is 15.2. The zero-order valence-corrected chi connectivity index (χ0v) is 12.6. The minimum absolute atomic E-state index is 0.0995. The van der Waals surface area contributed by atoms with Gasteiger partial charge in [0, 0.05) is 17.7 Å². The second-order valence-electron chi connectivity index (χ2n) is 6.78. The highest BCUT2D eigenvalue weighted by Gasteiger charge is 2.40. The Morgan fingerprint density at radius 1 is 1.19 bits per heavy atom. The molecular weight excluding hydrogens is 264 g/mol. The highest BCUT2D eigenvalue weighted by molar-refractivity contribution is 6.01. The van der Waals surface area contributed by atoms with Crippen LogP contribution in [0.3, 0.4) is 0 Å². The average Bonchev–Trinajstić information content (AvgIpc) is 2.35. The molecule has 2 amide bonds. The Bertz CT molecular complexity index is 659. The molecule has 0 spiro atoms. The molecule has 0 radical (unpaired) electrons. The van der Waals surface area contributed by atoms with E-state index in [1.807, 2.05) is 31.2 Å². The smallest absolute Gasteiger partial charge is 0.319 e. The maximum absolute atomic E-state index is 12.6. The molecule has 4 nitrogen and oxygen atoms in total. The average molecular weight is 284 g/mol. The molecule has 0 saturated heterocycles. The summed E-state index contributed by atoms with van der Waals surface area (Å²) in [7, 11) is 0. The lowest BCUT2D eigenvalue weighted by Crippen LogP contribution is -2.48. The Morgan fingerprint density at radius 2 is 1.95 bits per heavy atom. The molecule has 2 aliphatic rings. The minimum Gasteiger partial charge on any atom is -0.327 e. The van der Waals surface area contributed by atoms with Crippen LogP contribution < -0.4 is 10.6 Å². The third-order valence-corrected chi connectivity index (χ3v) is 4.12. The molecule has 1 aliphatic carbocycles. The molecule has 2 N–H and O–H groups in total. The van der Waals surface area contributed by atoms with Crippen molar-refractivity contribution in [2.24, 2.45) is 5.41 Å². The van der Waals surface area contributed by atoms with Crippen LogP contribution in [-0.2, 0) is 4.79 Å². The van der Waals surface area contributed by atoms with E-state index in [0.717, 1.165) is 28.8 Å². The summed E-state index contributed by atoms with van der Waals surface area (Å²) in [5.41, 5.74) is 3.49. The van der Waals surface area contributed by atoms with E-state index in [9.17, 15) is 9.59 Å². The van der Waals surface area contributed by atoms with Gasteiger partial charge < -0.3 is 10.6 Å². The first-order valence-corrected chi connectivity index (χ1v) is 7.26. The maximum Gasteiger partial charge on any atom is 0.319 e. The summed E-state index contributed by atoms with van der Waals surface area (Å²) < 4.78 is 0. The Balaban J connectivity index is 2.08. The van der Waals surface area contributed by atoms with E-state index in [1.54, 1.807) is 0 Å². The molecule has 1 aromatic carbocycles. The van der Waals surface area contributed by atoms with Gasteiger partial charge in [0.05, 0.1) is 6.04 Å². The first kappa shape index (κ1) is 13.9. The summed E-state index contributed by atoms with van der Waals surface area (Å²) in [4.78, 5) is 24.5. The molecule has 1 atom stereocenters. The summed E-state index contributed by atoms with van der Waals surface area (Å²) in [6, 6.07) is 7.38. The molecule has 3 rings (SSSR count). The first-order valence-electron chi connectivity index (χ1n) is 7.26. The number of amides is 2. The number of aryl methyl sites for hydroxylation is 1. The second kappa shape index (κ2) is 4.72. The number of hydrogen-bond donors (Lipinski definition) is 2. The van der Waals surface area contributed by atoms with Crippen molar-refractivity contribution in [2.75, 3.05) is 0 Å². The number of carbonyl (C=O) groups excluding carboxylic acids is 2. The van der Waals surface area contributed by atoms with Crippen LogP contribution in [0.25, 0.3) is 0 Å². The lowest BCUT2D eigenvalue weighted by atomic mass is 9.73. The summed E-state index contributed by atoms with van der Waals surface area (Å²) >= 11 is 0. The van der Waals surface area contributed by atoms with Crippen molar-refractivity contribution in [1.82, 2.24) is 10.6 Å². The van der Waals surface area contributed by atoms with Crippen LogP contribution in [0.2, 0.25) is 0 Å². The fourth-order valence-electron chi connectivity index (χ4n) is 3.26. The third-order valence-electron chi connectivity index (χ3n) is 4.12. The van der Waals surface area contributed by atoms with Crippen LogP contribution >= 0.6 is 0 Å². The molecule has 1 aromatic rings. The third kappa shape index (κ3) is 2.58. The van der Waals surface area contributed by atoms with E-state index in [2.05, 4.69) is 24.5 Å². The van der Waals surface area contributed by atoms with E-state index in [-0.39, 0.29) is 23.3 Å². The van der Waals surface area contributed by atoms with Gasteiger partial charge in [0.2, 0.25) is 0 Å². The van der Waals surface area contributed by atoms with Crippen molar-refractivity contribution in [3.05, 3.63) is 46.7 Å². The van der Waals surface area contributed by atoms with E-state index in [0.29, 0.717) is 6.42 Å². The van der Waals surface area contributed by atoms with Crippen molar-refractivity contribution in [1.29, 1.82) is 0 Å². The minimum atomic E-state index is -0.336. The van der Waals surface area contributed by atoms with Crippen molar-refractivity contribution < 1.29 is 9.59 Å². The summed E-state index contributed by atoms with van der Waals surface area (Å²) in [6.45, 7) is 6.13. The Morgan fingerprint density at radius 3 is 2.67 bits per heavy atom. The van der Waals surface area contributed by atoms with Gasteiger partial charge in [-0.1, -0.05) is 43.7 Å². The largest absolute Gasteiger partial charge is 0.327 e. The molecule has 1 heterocycles. The second-order valence-corrected chi connectivity index (χ2v) is 6.78. The van der Waals surface area contributed by atoms with Crippen LogP contribution in [0.5, 0.6) is 0 Å². The summed E-state index contributed by atoms with van der Waals surface area (Å²) in [5.74, 6) is 0.125. The Hall–Kier alpha value is -2.10. The predicted octanol–water partition coefficient (Wildman–Crippen LogP) is 2.99. The maximum atomic E-state index is 12.6. The van der Waals surface area contributed by atoms with Crippen molar-refractivity contribution >= 4 is 11.8 Å². The van der Waals surface area contributed by atoms with Crippen molar-refractivity contribution in [3.8, 4) is 0 Å². The van der Waals surface area contributed by atoms with Gasteiger partial charge in [-0.25, -0.2) is 4.79 Å². The van der Waals surface area contributed by atoms with Gasteiger partial charge in [-0.3, -0.25) is 4.79 Å². The highest BCUT2D eigenvalue weighted by atomic mass is 16.2. The highest BCUT2D eigenvalue weighted by Crippen LogP contribution is 2.41. The van der Waals surface area contributed by atoms with Crippen molar-refractivity contribution in [3.63, 3.8) is 0 Å². The number of ketones is 1. The van der Waals surface area contributed by atoms with Gasteiger partial charge >= 0.3 is 6.03 Å². The van der Waals surface area contributed by atoms with Gasteiger partial charge in [0.15, 0.2) is 5.78 Å². The number of allylic oxidation sites excluding steroid dienone is 1. The number of nitrogens with one attached hydrogen (secondary N) is 2. The number of hydrogen-bond acceptors (Lipinski definition) is 2. The normalized spacial score (nSPS) is 24.2. The van der Waals surface area contributed by atoms with Crippen molar-refractivity contribution in [2.45, 2.75) is 39.7 Å². The molecule has 0 aromatic heterocycles. The SMILES string of the molecule is Cc1cccc(C2NC(=O)NC3=C2C(=O)CC(C)(C)C3)c1. The fourth-order valence-corrected chi connectivity index (χ4v) is 3.26. The summed E-state index contributed by atoms with van der Waals surface area (Å²) in [6.07, 6.45) is 1.25. The van der Waals surface area contributed by atoms with Crippen LogP contribution in [0.15, 0.2) is 35.5 Å². The molecule has 4 heteroatoms. The van der Waals surface area contributed by atoms with Gasteiger partial charge in [0.25, 0.3) is 0 Å². The van der Waals surface area contributed by atoms with Crippen LogP contribution in [0, 0.1) is 12.3 Å². The zero-order valence-electron chi connectivity index (χ0n) is 12.6. The molecule has 1 aliphatic heterocycles. The molecule has 0 bridgehead atoms. The predicted molar refractivity (Wildman–Crippen MR) is 80.6 cm³/mol. The monoisotopic (exact) mass is 284 g/mol. The van der Waals surface area contributed by atoms with E-state index < -0.39 is 0 Å². The Labute approximate surface area is 124 Å². The number of benzene rings is 1. The van der Waals surface area contributed by atoms with Gasteiger partial charge in [-0.05, 0) is 24.3 Å². The molecule has 110 valence electrons. The Kier molecular flexibility index (Phi) is 3.12. The number of carbonyl (C=O) groups is 2. The van der Waals surface area contributed by atoms with Gasteiger partial charge in [0.1, 0.15) is 0 Å². The number of rotatable bonds is 1. The van der Waals surface area contributed by atoms with E-state index in [1.165, 1.54) is 0 Å². The van der Waals surface area contributed by atoms with E-state index >= 15 is 0 Å². The van der Waals surface area contributed by atoms with E-state index in [4.69, 9.17) is 0 Å². The van der Waals surface area contributed by atoms with Crippen LogP contribution in [0.4, 0.5) is 4.79 Å². The standard InChI is InChI=1S/C17H20N2O2/c1-10-5-4-6-11(7-10)15-14-12(18-16(21)19-15)8-17(2,3)9-13(14)20/h4-7,15H,8-9H2,1-3H3,(H2,18,19,21).